The molecular weight excluding hydrogens is 343 g/mol. The second kappa shape index (κ2) is 5.75. The van der Waals surface area contributed by atoms with Gasteiger partial charge < -0.3 is 4.90 Å². The van der Waals surface area contributed by atoms with Crippen LogP contribution in [0.4, 0.5) is 13.2 Å². The quantitative estimate of drug-likeness (QED) is 0.773. The van der Waals surface area contributed by atoms with Crippen LogP contribution in [0, 0.1) is 5.41 Å². The van der Waals surface area contributed by atoms with Gasteiger partial charge >= 0.3 is 6.18 Å². The fourth-order valence-corrected chi connectivity index (χ4v) is 5.13. The molecule has 4 nitrogen and oxygen atoms in total. The third-order valence-electron chi connectivity index (χ3n) is 5.00. The van der Waals surface area contributed by atoms with E-state index in [2.05, 4.69) is 0 Å². The molecule has 132 valence electrons. The molecule has 1 aliphatic heterocycles. The van der Waals surface area contributed by atoms with E-state index in [1.807, 2.05) is 0 Å². The first-order valence-electron chi connectivity index (χ1n) is 7.84. The molecule has 1 amide bonds. The number of nitrogens with zero attached hydrogens (tertiary/aromatic N) is 1. The number of halogens is 3. The number of carbonyl (C=O) groups is 1. The van der Waals surface area contributed by atoms with E-state index in [-0.39, 0.29) is 36.6 Å². The Morgan fingerprint density at radius 1 is 1.12 bits per heavy atom. The molecule has 0 bridgehead atoms. The number of benzene rings is 1. The highest BCUT2D eigenvalue weighted by Gasteiger charge is 2.62. The normalized spacial score (nSPS) is 22.7. The summed E-state index contributed by atoms with van der Waals surface area (Å²) in [5, 5.41) is 0. The van der Waals surface area contributed by atoms with E-state index in [0.717, 1.165) is 4.90 Å². The summed E-state index contributed by atoms with van der Waals surface area (Å²) >= 11 is 0. The number of alkyl halides is 3. The molecule has 0 saturated heterocycles. The maximum absolute atomic E-state index is 13.6. The van der Waals surface area contributed by atoms with Crippen LogP contribution in [0.15, 0.2) is 29.2 Å². The summed E-state index contributed by atoms with van der Waals surface area (Å²) in [5.74, 6) is -1.34. The highest BCUT2D eigenvalue weighted by molar-refractivity contribution is 7.91. The van der Waals surface area contributed by atoms with Gasteiger partial charge in [0.25, 0.3) is 0 Å². The molecule has 0 radical (unpaired) electrons. The maximum Gasteiger partial charge on any atom is 0.403 e. The van der Waals surface area contributed by atoms with Crippen LogP contribution in [0.3, 0.4) is 0 Å². The third kappa shape index (κ3) is 2.70. The van der Waals surface area contributed by atoms with Crippen molar-refractivity contribution < 1.29 is 26.4 Å². The lowest BCUT2D eigenvalue weighted by Crippen LogP contribution is -2.51. The van der Waals surface area contributed by atoms with Crippen molar-refractivity contribution in [3.63, 3.8) is 0 Å². The van der Waals surface area contributed by atoms with Crippen molar-refractivity contribution >= 4 is 15.7 Å². The molecule has 1 aromatic rings. The van der Waals surface area contributed by atoms with E-state index in [4.69, 9.17) is 0 Å². The van der Waals surface area contributed by atoms with Gasteiger partial charge in [0.15, 0.2) is 9.84 Å². The van der Waals surface area contributed by atoms with Crippen LogP contribution < -0.4 is 0 Å². The molecule has 0 aromatic heterocycles. The fraction of sp³-hybridized carbons (Fsp3) is 0.562. The van der Waals surface area contributed by atoms with Gasteiger partial charge in [-0.05, 0) is 24.5 Å². The first-order valence-corrected chi connectivity index (χ1v) is 9.49. The summed E-state index contributed by atoms with van der Waals surface area (Å²) in [7, 11) is -3.60. The van der Waals surface area contributed by atoms with Crippen molar-refractivity contribution in [2.24, 2.45) is 5.41 Å². The number of sulfone groups is 1. The Morgan fingerprint density at radius 3 is 2.38 bits per heavy atom. The molecule has 1 fully saturated rings. The molecule has 24 heavy (non-hydrogen) atoms. The molecule has 1 heterocycles. The molecule has 3 rings (SSSR count). The van der Waals surface area contributed by atoms with Crippen LogP contribution in [-0.2, 0) is 21.2 Å². The number of rotatable bonds is 1. The number of hydrogen-bond acceptors (Lipinski definition) is 3. The van der Waals surface area contributed by atoms with Crippen LogP contribution >= 0.6 is 0 Å². The van der Waals surface area contributed by atoms with Gasteiger partial charge in [0.2, 0.25) is 5.91 Å². The van der Waals surface area contributed by atoms with Crippen molar-refractivity contribution in [1.82, 2.24) is 4.90 Å². The van der Waals surface area contributed by atoms with Gasteiger partial charge in [-0.3, -0.25) is 4.79 Å². The molecule has 2 aliphatic rings. The second-order valence-corrected chi connectivity index (χ2v) is 8.52. The van der Waals surface area contributed by atoms with E-state index in [1.54, 1.807) is 18.2 Å². The Bertz CT molecular complexity index is 752. The number of carbonyl (C=O) groups excluding carboxylic acids is 1. The Morgan fingerprint density at radius 2 is 1.75 bits per heavy atom. The topological polar surface area (TPSA) is 54.5 Å². The number of fused-ring (bicyclic) bond motifs is 1. The minimum atomic E-state index is -4.62. The molecule has 1 aromatic carbocycles. The zero-order valence-corrected chi connectivity index (χ0v) is 13.8. The fourth-order valence-electron chi connectivity index (χ4n) is 3.64. The van der Waals surface area contributed by atoms with Crippen LogP contribution in [-0.4, -0.2) is 37.7 Å². The average Bonchev–Trinajstić information content (AvgIpc) is 2.97. The van der Waals surface area contributed by atoms with Crippen molar-refractivity contribution in [2.45, 2.75) is 43.3 Å². The first kappa shape index (κ1) is 17.3. The average molecular weight is 361 g/mol. The van der Waals surface area contributed by atoms with Crippen LogP contribution in [0.2, 0.25) is 0 Å². The van der Waals surface area contributed by atoms with Crippen LogP contribution in [0.25, 0.3) is 0 Å². The maximum atomic E-state index is 13.6. The Hall–Kier alpha value is -1.57. The smallest absolute Gasteiger partial charge is 0.337 e. The molecule has 0 spiro atoms. The summed E-state index contributed by atoms with van der Waals surface area (Å²) in [4.78, 5) is 13.9. The van der Waals surface area contributed by atoms with E-state index in [9.17, 15) is 26.4 Å². The summed E-state index contributed by atoms with van der Waals surface area (Å²) in [6, 6.07) is 6.18. The van der Waals surface area contributed by atoms with E-state index < -0.39 is 27.3 Å². The Labute approximate surface area is 138 Å². The van der Waals surface area contributed by atoms with Crippen molar-refractivity contribution in [3.05, 3.63) is 29.8 Å². The molecule has 0 unspecified atom stereocenters. The summed E-state index contributed by atoms with van der Waals surface area (Å²) in [6.07, 6.45) is -4.35. The number of amides is 1. The highest BCUT2D eigenvalue weighted by Crippen LogP contribution is 2.51. The molecule has 1 saturated carbocycles. The molecule has 0 N–H and O–H groups in total. The standard InChI is InChI=1S/C16H18F3NO3S/c17-16(18,19)15(7-3-4-8-15)14(21)20-9-10-24(22,23)13-6-2-1-5-12(13)11-20/h1-2,5-6H,3-4,7-11H2. The van der Waals surface area contributed by atoms with E-state index in [0.29, 0.717) is 18.4 Å². The van der Waals surface area contributed by atoms with Gasteiger partial charge in [0.1, 0.15) is 5.41 Å². The monoisotopic (exact) mass is 361 g/mol. The second-order valence-electron chi connectivity index (χ2n) is 6.44. The lowest BCUT2D eigenvalue weighted by atomic mass is 9.83. The molecular formula is C16H18F3NO3S. The minimum Gasteiger partial charge on any atom is -0.337 e. The number of hydrogen-bond donors (Lipinski definition) is 0. The molecule has 8 heteroatoms. The SMILES string of the molecule is O=C(N1CCS(=O)(=O)c2ccccc2C1)C1(C(F)(F)F)CCCC1. The van der Waals surface area contributed by atoms with Crippen molar-refractivity contribution in [3.8, 4) is 0 Å². The van der Waals surface area contributed by atoms with Gasteiger partial charge in [0, 0.05) is 13.1 Å². The van der Waals surface area contributed by atoms with Crippen LogP contribution in [0.1, 0.15) is 31.2 Å². The predicted octanol–water partition coefficient (Wildman–Crippen LogP) is 2.93. The van der Waals surface area contributed by atoms with E-state index >= 15 is 0 Å². The first-order chi connectivity index (χ1) is 11.2. The zero-order chi connectivity index (χ0) is 17.6. The summed E-state index contributed by atoms with van der Waals surface area (Å²) < 4.78 is 65.4. The minimum absolute atomic E-state index is 0.104. The lowest BCUT2D eigenvalue weighted by molar-refractivity contribution is -0.226. The van der Waals surface area contributed by atoms with Gasteiger partial charge in [-0.1, -0.05) is 31.0 Å². The van der Waals surface area contributed by atoms with Gasteiger partial charge in [-0.2, -0.15) is 13.2 Å². The summed E-state index contributed by atoms with van der Waals surface area (Å²) in [5.41, 5.74) is -1.99. The molecule has 1 aliphatic carbocycles. The predicted molar refractivity (Wildman–Crippen MR) is 80.9 cm³/mol. The largest absolute Gasteiger partial charge is 0.403 e. The van der Waals surface area contributed by atoms with Crippen LogP contribution in [0.5, 0.6) is 0 Å². The molecule has 0 atom stereocenters. The Kier molecular flexibility index (Phi) is 4.14. The highest BCUT2D eigenvalue weighted by atomic mass is 32.2. The lowest BCUT2D eigenvalue weighted by Gasteiger charge is -2.35. The summed E-state index contributed by atoms with van der Waals surface area (Å²) in [6.45, 7) is -0.320. The Balaban J connectivity index is 1.98. The van der Waals surface area contributed by atoms with E-state index in [1.165, 1.54) is 6.07 Å². The van der Waals surface area contributed by atoms with Gasteiger partial charge in [-0.15, -0.1) is 0 Å². The van der Waals surface area contributed by atoms with Gasteiger partial charge in [-0.25, -0.2) is 8.42 Å². The zero-order valence-electron chi connectivity index (χ0n) is 13.0. The van der Waals surface area contributed by atoms with Crippen molar-refractivity contribution in [1.29, 1.82) is 0 Å². The van der Waals surface area contributed by atoms with Crippen molar-refractivity contribution in [2.75, 3.05) is 12.3 Å². The third-order valence-corrected chi connectivity index (χ3v) is 6.78. The van der Waals surface area contributed by atoms with Gasteiger partial charge in [0.05, 0.1) is 10.6 Å².